The van der Waals surface area contributed by atoms with Gasteiger partial charge in [-0.1, -0.05) is 0 Å². The van der Waals surface area contributed by atoms with Crippen molar-refractivity contribution in [3.05, 3.63) is 0 Å². The maximum atomic E-state index is 10.9. The van der Waals surface area contributed by atoms with Crippen LogP contribution in [0.4, 0.5) is 0 Å². The highest BCUT2D eigenvalue weighted by Crippen LogP contribution is 2.30. The van der Waals surface area contributed by atoms with Gasteiger partial charge in [0.25, 0.3) is 0 Å². The molecule has 0 aromatic rings. The van der Waals surface area contributed by atoms with Crippen molar-refractivity contribution in [3.8, 4) is 0 Å². The highest BCUT2D eigenvalue weighted by Gasteiger charge is 2.26. The highest BCUT2D eigenvalue weighted by atomic mass is 35.5. The standard InChI is InChI=1S/C7H15NO2S.ClH/c1-11(8,10)3-2-6-4-7(9)5-6;/h6-9H,2-5H2,1H3;1H. The predicted octanol–water partition coefficient (Wildman–Crippen LogP) is 1.25. The molecule has 0 bridgehead atoms. The average Bonchev–Trinajstić information content (AvgIpc) is 1.75. The first-order valence-corrected chi connectivity index (χ1v) is 6.00. The molecule has 12 heavy (non-hydrogen) atoms. The van der Waals surface area contributed by atoms with Crippen LogP contribution in [-0.2, 0) is 9.73 Å². The Hall–Kier alpha value is 0.200. The normalized spacial score (nSPS) is 32.8. The molecule has 1 fully saturated rings. The Bertz CT molecular complexity index is 222. The second-order valence-corrected chi connectivity index (χ2v) is 5.91. The minimum Gasteiger partial charge on any atom is -0.393 e. The lowest BCUT2D eigenvalue weighted by molar-refractivity contribution is 0.0418. The molecule has 0 amide bonds. The van der Waals surface area contributed by atoms with Crippen LogP contribution in [0.2, 0.25) is 0 Å². The smallest absolute Gasteiger partial charge is 0.0545 e. The molecule has 1 atom stereocenters. The van der Waals surface area contributed by atoms with Crippen molar-refractivity contribution in [2.75, 3.05) is 12.0 Å². The van der Waals surface area contributed by atoms with Crippen molar-refractivity contribution in [2.45, 2.75) is 25.4 Å². The van der Waals surface area contributed by atoms with Crippen molar-refractivity contribution >= 4 is 22.1 Å². The summed E-state index contributed by atoms with van der Waals surface area (Å²) in [6.07, 6.45) is 3.88. The maximum absolute atomic E-state index is 10.9. The van der Waals surface area contributed by atoms with Crippen molar-refractivity contribution in [1.29, 1.82) is 4.78 Å². The minimum absolute atomic E-state index is 0. The Morgan fingerprint density at radius 3 is 2.42 bits per heavy atom. The Kier molecular flexibility index (Phi) is 4.51. The van der Waals surface area contributed by atoms with Crippen molar-refractivity contribution < 1.29 is 9.32 Å². The molecule has 0 heterocycles. The number of nitrogens with one attached hydrogen (secondary N) is 1. The third kappa shape index (κ3) is 4.28. The van der Waals surface area contributed by atoms with E-state index in [1.165, 1.54) is 6.26 Å². The fourth-order valence-corrected chi connectivity index (χ4v) is 2.11. The molecule has 1 rings (SSSR count). The zero-order valence-corrected chi connectivity index (χ0v) is 8.79. The second kappa shape index (κ2) is 4.44. The van der Waals surface area contributed by atoms with Crippen molar-refractivity contribution in [3.63, 3.8) is 0 Å². The second-order valence-electron chi connectivity index (χ2n) is 3.49. The van der Waals surface area contributed by atoms with Crippen LogP contribution in [0.5, 0.6) is 0 Å². The third-order valence-electron chi connectivity index (χ3n) is 2.13. The van der Waals surface area contributed by atoms with Crippen LogP contribution < -0.4 is 0 Å². The molecule has 1 aliphatic rings. The third-order valence-corrected chi connectivity index (χ3v) is 3.14. The first-order valence-electron chi connectivity index (χ1n) is 3.87. The number of hydrogen-bond donors (Lipinski definition) is 2. The number of halogens is 1. The molecule has 0 saturated heterocycles. The summed E-state index contributed by atoms with van der Waals surface area (Å²) in [5.41, 5.74) is 0. The lowest BCUT2D eigenvalue weighted by atomic mass is 9.81. The zero-order valence-electron chi connectivity index (χ0n) is 7.16. The van der Waals surface area contributed by atoms with E-state index in [4.69, 9.17) is 9.89 Å². The summed E-state index contributed by atoms with van der Waals surface area (Å²) in [5, 5.41) is 8.93. The number of hydrogen-bond acceptors (Lipinski definition) is 3. The van der Waals surface area contributed by atoms with Crippen molar-refractivity contribution in [2.24, 2.45) is 5.92 Å². The van der Waals surface area contributed by atoms with Gasteiger partial charge in [0.2, 0.25) is 0 Å². The summed E-state index contributed by atoms with van der Waals surface area (Å²) in [5.74, 6) is 1.01. The van der Waals surface area contributed by atoms with E-state index in [0.717, 1.165) is 19.3 Å². The van der Waals surface area contributed by atoms with E-state index in [0.29, 0.717) is 11.7 Å². The number of aliphatic hydroxyl groups excluding tert-OH is 1. The van der Waals surface area contributed by atoms with Crippen LogP contribution in [0.15, 0.2) is 0 Å². The van der Waals surface area contributed by atoms with Gasteiger partial charge in [-0.05, 0) is 25.2 Å². The first-order chi connectivity index (χ1) is 4.97. The molecule has 2 N–H and O–H groups in total. The largest absolute Gasteiger partial charge is 0.393 e. The number of rotatable bonds is 3. The Balaban J connectivity index is 0.00000121. The summed E-state index contributed by atoms with van der Waals surface area (Å²) < 4.78 is 18.1. The minimum atomic E-state index is -2.29. The lowest BCUT2D eigenvalue weighted by Crippen LogP contribution is -2.29. The van der Waals surface area contributed by atoms with Gasteiger partial charge in [-0.2, -0.15) is 0 Å². The molecule has 0 aromatic carbocycles. The first kappa shape index (κ1) is 12.2. The lowest BCUT2D eigenvalue weighted by Gasteiger charge is -2.31. The topological polar surface area (TPSA) is 61.2 Å². The van der Waals surface area contributed by atoms with Crippen LogP contribution in [0, 0.1) is 10.7 Å². The predicted molar refractivity (Wildman–Crippen MR) is 52.2 cm³/mol. The molecular formula is C7H16ClNO2S. The van der Waals surface area contributed by atoms with E-state index in [9.17, 15) is 4.21 Å². The van der Waals surface area contributed by atoms with E-state index in [1.54, 1.807) is 0 Å². The van der Waals surface area contributed by atoms with E-state index in [2.05, 4.69) is 0 Å². The van der Waals surface area contributed by atoms with Gasteiger partial charge in [-0.3, -0.25) is 8.99 Å². The van der Waals surface area contributed by atoms with Gasteiger partial charge < -0.3 is 5.11 Å². The van der Waals surface area contributed by atoms with Gasteiger partial charge in [-0.25, -0.2) is 0 Å². The fourth-order valence-electron chi connectivity index (χ4n) is 1.33. The monoisotopic (exact) mass is 213 g/mol. The Morgan fingerprint density at radius 1 is 1.58 bits per heavy atom. The number of aliphatic hydroxyl groups is 1. The summed E-state index contributed by atoms with van der Waals surface area (Å²) in [4.78, 5) is 0. The summed E-state index contributed by atoms with van der Waals surface area (Å²) >= 11 is 0. The highest BCUT2D eigenvalue weighted by molar-refractivity contribution is 7.91. The van der Waals surface area contributed by atoms with Crippen LogP contribution in [0.25, 0.3) is 0 Å². The van der Waals surface area contributed by atoms with Gasteiger partial charge in [0.15, 0.2) is 0 Å². The Labute approximate surface area is 79.9 Å². The molecule has 1 saturated carbocycles. The molecule has 1 unspecified atom stereocenters. The van der Waals surface area contributed by atoms with E-state index >= 15 is 0 Å². The summed E-state index contributed by atoms with van der Waals surface area (Å²) in [6, 6.07) is 0. The fraction of sp³-hybridized carbons (Fsp3) is 1.00. The van der Waals surface area contributed by atoms with Crippen LogP contribution >= 0.6 is 12.4 Å². The Morgan fingerprint density at radius 2 is 2.08 bits per heavy atom. The van der Waals surface area contributed by atoms with Crippen LogP contribution in [-0.4, -0.2) is 27.4 Å². The quantitative estimate of drug-likeness (QED) is 0.741. The molecule has 74 valence electrons. The van der Waals surface area contributed by atoms with E-state index < -0.39 is 9.73 Å². The average molecular weight is 214 g/mol. The molecular weight excluding hydrogens is 198 g/mol. The molecule has 0 spiro atoms. The molecule has 0 aliphatic heterocycles. The zero-order chi connectivity index (χ0) is 8.48. The molecule has 3 nitrogen and oxygen atoms in total. The van der Waals surface area contributed by atoms with Gasteiger partial charge in [0.05, 0.1) is 6.10 Å². The van der Waals surface area contributed by atoms with Gasteiger partial charge >= 0.3 is 0 Å². The summed E-state index contributed by atoms with van der Waals surface area (Å²) in [6.45, 7) is 0. The van der Waals surface area contributed by atoms with Gasteiger partial charge in [-0.15, -0.1) is 12.4 Å². The molecule has 0 radical (unpaired) electrons. The van der Waals surface area contributed by atoms with Crippen LogP contribution in [0.3, 0.4) is 0 Å². The molecule has 0 aromatic heterocycles. The maximum Gasteiger partial charge on any atom is 0.0545 e. The SMILES string of the molecule is CS(=N)(=O)CCC1CC(O)C1.Cl. The molecule has 5 heteroatoms. The van der Waals surface area contributed by atoms with Crippen molar-refractivity contribution in [1.82, 2.24) is 0 Å². The van der Waals surface area contributed by atoms with Gasteiger partial charge in [0, 0.05) is 21.7 Å². The molecule has 1 aliphatic carbocycles. The van der Waals surface area contributed by atoms with Gasteiger partial charge in [0.1, 0.15) is 0 Å². The van der Waals surface area contributed by atoms with E-state index in [1.807, 2.05) is 0 Å². The van der Waals surface area contributed by atoms with Crippen LogP contribution in [0.1, 0.15) is 19.3 Å². The van der Waals surface area contributed by atoms with E-state index in [-0.39, 0.29) is 18.5 Å². The summed E-state index contributed by atoms with van der Waals surface area (Å²) in [7, 11) is -2.29.